The quantitative estimate of drug-likeness (QED) is 0.623. The Balaban J connectivity index is 1.66. The highest BCUT2D eigenvalue weighted by atomic mass is 16.4. The van der Waals surface area contributed by atoms with E-state index in [0.29, 0.717) is 23.0 Å². The minimum atomic E-state index is 0.102. The fourth-order valence-electron chi connectivity index (χ4n) is 3.92. The molecule has 3 aromatic rings. The zero-order valence-electron chi connectivity index (χ0n) is 18.0. The first-order chi connectivity index (χ1) is 14.5. The summed E-state index contributed by atoms with van der Waals surface area (Å²) < 4.78 is 7.44. The van der Waals surface area contributed by atoms with Gasteiger partial charge in [-0.3, -0.25) is 4.79 Å². The van der Waals surface area contributed by atoms with E-state index in [0.717, 1.165) is 37.3 Å². The molecule has 1 fully saturated rings. The lowest BCUT2D eigenvalue weighted by Gasteiger charge is -2.25. The van der Waals surface area contributed by atoms with Gasteiger partial charge < -0.3 is 9.32 Å². The predicted molar refractivity (Wildman–Crippen MR) is 115 cm³/mol. The van der Waals surface area contributed by atoms with Gasteiger partial charge in [-0.2, -0.15) is 5.10 Å². The molecule has 0 atom stereocenters. The Morgan fingerprint density at radius 3 is 2.43 bits per heavy atom. The van der Waals surface area contributed by atoms with Crippen LogP contribution < -0.4 is 0 Å². The van der Waals surface area contributed by atoms with Gasteiger partial charge in [0.25, 0.3) is 11.8 Å². The predicted octanol–water partition coefficient (Wildman–Crippen LogP) is 4.76. The average Bonchev–Trinajstić information content (AvgIpc) is 3.34. The summed E-state index contributed by atoms with van der Waals surface area (Å²) in [5.74, 6) is 1.25. The number of hydrogen-bond donors (Lipinski definition) is 0. The van der Waals surface area contributed by atoms with Gasteiger partial charge >= 0.3 is 0 Å². The number of nitrogens with zero attached hydrogens (tertiary/aromatic N) is 5. The minimum absolute atomic E-state index is 0.102. The van der Waals surface area contributed by atoms with Gasteiger partial charge in [0.05, 0.1) is 5.69 Å². The van der Waals surface area contributed by atoms with Gasteiger partial charge in [-0.15, -0.1) is 10.2 Å². The molecule has 2 aromatic heterocycles. The molecule has 0 aliphatic carbocycles. The number of aromatic nitrogens is 4. The van der Waals surface area contributed by atoms with E-state index in [2.05, 4.69) is 24.0 Å². The summed E-state index contributed by atoms with van der Waals surface area (Å²) in [4.78, 5) is 15.2. The van der Waals surface area contributed by atoms with Crippen LogP contribution in [0.4, 0.5) is 0 Å². The van der Waals surface area contributed by atoms with E-state index < -0.39 is 0 Å². The lowest BCUT2D eigenvalue weighted by Crippen LogP contribution is -2.33. The summed E-state index contributed by atoms with van der Waals surface area (Å²) in [6.07, 6.45) is 5.83. The molecule has 1 aliphatic rings. The zero-order valence-corrected chi connectivity index (χ0v) is 18.0. The Labute approximate surface area is 177 Å². The maximum Gasteiger partial charge on any atom is 0.268 e. The number of aryl methyl sites for hydroxylation is 1. The minimum Gasteiger partial charge on any atom is -0.420 e. The van der Waals surface area contributed by atoms with E-state index in [4.69, 9.17) is 9.52 Å². The smallest absolute Gasteiger partial charge is 0.268 e. The van der Waals surface area contributed by atoms with Gasteiger partial charge in [-0.25, -0.2) is 4.68 Å². The molecule has 0 radical (unpaired) electrons. The second-order valence-corrected chi connectivity index (χ2v) is 8.26. The second kappa shape index (κ2) is 8.81. The lowest BCUT2D eigenvalue weighted by atomic mass is 10.1. The van der Waals surface area contributed by atoms with Crippen LogP contribution in [0.2, 0.25) is 0 Å². The van der Waals surface area contributed by atoms with E-state index >= 15 is 0 Å². The van der Waals surface area contributed by atoms with Crippen molar-refractivity contribution in [2.75, 3.05) is 13.1 Å². The standard InChI is InChI=1S/C23H29N5O2/c1-16(2)21-15-20(22-25-24-17(3)30-22)26-28(21)19-11-9-10-18(14-19)23(29)27-12-7-5-4-6-8-13-27/h9-11,14-16H,4-8,12-13H2,1-3H3. The molecule has 7 nitrogen and oxygen atoms in total. The van der Waals surface area contributed by atoms with Crippen LogP contribution in [0, 0.1) is 6.92 Å². The third-order valence-corrected chi connectivity index (χ3v) is 5.55. The maximum atomic E-state index is 13.2. The molecule has 0 spiro atoms. The second-order valence-electron chi connectivity index (χ2n) is 8.26. The van der Waals surface area contributed by atoms with E-state index in [9.17, 15) is 4.79 Å². The number of rotatable bonds is 4. The van der Waals surface area contributed by atoms with Gasteiger partial charge in [0, 0.05) is 31.3 Å². The van der Waals surface area contributed by atoms with Gasteiger partial charge in [-0.05, 0) is 43.0 Å². The van der Waals surface area contributed by atoms with E-state index in [1.165, 1.54) is 19.3 Å². The van der Waals surface area contributed by atoms with Crippen LogP contribution >= 0.6 is 0 Å². The highest BCUT2D eigenvalue weighted by molar-refractivity contribution is 5.94. The van der Waals surface area contributed by atoms with Crippen molar-refractivity contribution >= 4 is 5.91 Å². The number of benzene rings is 1. The van der Waals surface area contributed by atoms with Crippen LogP contribution in [0.15, 0.2) is 34.7 Å². The first kappa shape index (κ1) is 20.3. The highest BCUT2D eigenvalue weighted by Gasteiger charge is 2.20. The monoisotopic (exact) mass is 407 g/mol. The summed E-state index contributed by atoms with van der Waals surface area (Å²) >= 11 is 0. The Morgan fingerprint density at radius 2 is 1.77 bits per heavy atom. The SMILES string of the molecule is Cc1nnc(-c2cc(C(C)C)n(-c3cccc(C(=O)N4CCCCCCC4)c3)n2)o1. The van der Waals surface area contributed by atoms with Gasteiger partial charge in [0.2, 0.25) is 5.89 Å². The van der Waals surface area contributed by atoms with Crippen molar-refractivity contribution in [3.8, 4) is 17.3 Å². The molecule has 0 N–H and O–H groups in total. The van der Waals surface area contributed by atoms with Crippen LogP contribution in [-0.4, -0.2) is 43.9 Å². The molecule has 3 heterocycles. The fourth-order valence-corrected chi connectivity index (χ4v) is 3.92. The molecule has 0 saturated carbocycles. The normalized spacial score (nSPS) is 15.3. The molecule has 1 aromatic carbocycles. The Kier molecular flexibility index (Phi) is 5.97. The highest BCUT2D eigenvalue weighted by Crippen LogP contribution is 2.26. The van der Waals surface area contributed by atoms with E-state index in [1.807, 2.05) is 39.9 Å². The summed E-state index contributed by atoms with van der Waals surface area (Å²) in [5.41, 5.74) is 3.23. The first-order valence-electron chi connectivity index (χ1n) is 10.8. The van der Waals surface area contributed by atoms with Crippen molar-refractivity contribution in [3.63, 3.8) is 0 Å². The van der Waals surface area contributed by atoms with Crippen molar-refractivity contribution in [1.29, 1.82) is 0 Å². The topological polar surface area (TPSA) is 77.1 Å². The lowest BCUT2D eigenvalue weighted by molar-refractivity contribution is 0.0742. The molecule has 0 bridgehead atoms. The van der Waals surface area contributed by atoms with Crippen molar-refractivity contribution in [2.45, 2.75) is 58.8 Å². The summed E-state index contributed by atoms with van der Waals surface area (Å²) in [7, 11) is 0. The molecule has 0 unspecified atom stereocenters. The number of carbonyl (C=O) groups is 1. The Bertz CT molecular complexity index is 1010. The van der Waals surface area contributed by atoms with E-state index in [-0.39, 0.29) is 11.8 Å². The summed E-state index contributed by atoms with van der Waals surface area (Å²) in [5, 5.41) is 12.7. The molecule has 30 heavy (non-hydrogen) atoms. The van der Waals surface area contributed by atoms with Gasteiger partial charge in [0.1, 0.15) is 5.69 Å². The van der Waals surface area contributed by atoms with Crippen molar-refractivity contribution in [3.05, 3.63) is 47.5 Å². The number of hydrogen-bond acceptors (Lipinski definition) is 5. The van der Waals surface area contributed by atoms with Crippen LogP contribution in [-0.2, 0) is 0 Å². The Hall–Kier alpha value is -2.96. The maximum absolute atomic E-state index is 13.2. The summed E-state index contributed by atoms with van der Waals surface area (Å²) in [6.45, 7) is 7.67. The molecular formula is C23H29N5O2. The third-order valence-electron chi connectivity index (χ3n) is 5.55. The zero-order chi connectivity index (χ0) is 21.1. The number of carbonyl (C=O) groups excluding carboxylic acids is 1. The van der Waals surface area contributed by atoms with Crippen molar-refractivity contribution in [2.24, 2.45) is 0 Å². The molecule has 1 saturated heterocycles. The molecule has 7 heteroatoms. The van der Waals surface area contributed by atoms with Gasteiger partial charge in [0.15, 0.2) is 0 Å². The largest absolute Gasteiger partial charge is 0.420 e. The van der Waals surface area contributed by atoms with Crippen LogP contribution in [0.5, 0.6) is 0 Å². The van der Waals surface area contributed by atoms with Crippen molar-refractivity contribution < 1.29 is 9.21 Å². The molecule has 1 amide bonds. The number of likely N-dealkylation sites (tertiary alicyclic amines) is 1. The third kappa shape index (κ3) is 4.30. The van der Waals surface area contributed by atoms with E-state index in [1.54, 1.807) is 6.92 Å². The van der Waals surface area contributed by atoms with Crippen LogP contribution in [0.3, 0.4) is 0 Å². The number of amides is 1. The van der Waals surface area contributed by atoms with Crippen molar-refractivity contribution in [1.82, 2.24) is 24.9 Å². The molecule has 1 aliphatic heterocycles. The Morgan fingerprint density at radius 1 is 1.03 bits per heavy atom. The molecule has 158 valence electrons. The summed E-state index contributed by atoms with van der Waals surface area (Å²) in [6, 6.07) is 9.71. The first-order valence-corrected chi connectivity index (χ1v) is 10.8. The van der Waals surface area contributed by atoms with Crippen LogP contribution in [0.25, 0.3) is 17.3 Å². The fraction of sp³-hybridized carbons (Fsp3) is 0.478. The molecular weight excluding hydrogens is 378 g/mol. The average molecular weight is 408 g/mol. The van der Waals surface area contributed by atoms with Crippen LogP contribution in [0.1, 0.15) is 73.8 Å². The molecule has 4 rings (SSSR count). The van der Waals surface area contributed by atoms with Gasteiger partial charge in [-0.1, -0.05) is 39.2 Å².